The average Bonchev–Trinajstić information content (AvgIpc) is 2.90. The topological polar surface area (TPSA) is 32.3 Å². The maximum absolute atomic E-state index is 12.1. The number of rotatable bonds is 4. The molecule has 1 N–H and O–H groups in total. The molecule has 0 aromatic heterocycles. The van der Waals surface area contributed by atoms with Gasteiger partial charge in [0.25, 0.3) is 0 Å². The van der Waals surface area contributed by atoms with Gasteiger partial charge in [-0.1, -0.05) is 18.2 Å². The van der Waals surface area contributed by atoms with Crippen molar-refractivity contribution in [3.63, 3.8) is 0 Å². The van der Waals surface area contributed by atoms with E-state index in [1.54, 1.807) is 11.8 Å². The lowest BCUT2D eigenvalue weighted by molar-refractivity contribution is -0.128. The number of hydrogen-bond acceptors (Lipinski definition) is 3. The van der Waals surface area contributed by atoms with E-state index in [0.717, 1.165) is 19.5 Å². The third-order valence-electron chi connectivity index (χ3n) is 3.42. The van der Waals surface area contributed by atoms with E-state index in [4.69, 9.17) is 0 Å². The van der Waals surface area contributed by atoms with Crippen molar-refractivity contribution in [3.8, 4) is 0 Å². The summed E-state index contributed by atoms with van der Waals surface area (Å²) in [7, 11) is 1.92. The molecule has 3 nitrogen and oxygen atoms in total. The Morgan fingerprint density at radius 1 is 1.47 bits per heavy atom. The Bertz CT molecular complexity index is 422. The van der Waals surface area contributed by atoms with Gasteiger partial charge in [0.05, 0.1) is 5.75 Å². The van der Waals surface area contributed by atoms with Crippen LogP contribution in [0.1, 0.15) is 12.0 Å². The van der Waals surface area contributed by atoms with Crippen molar-refractivity contribution in [1.29, 1.82) is 0 Å². The molecule has 0 radical (unpaired) electrons. The Kier molecular flexibility index (Phi) is 6.69. The maximum Gasteiger partial charge on any atom is 0.232 e. The van der Waals surface area contributed by atoms with E-state index in [9.17, 15) is 4.79 Å². The summed E-state index contributed by atoms with van der Waals surface area (Å²) in [5.41, 5.74) is 1.24. The quantitative estimate of drug-likeness (QED) is 0.866. The van der Waals surface area contributed by atoms with Crippen molar-refractivity contribution in [2.24, 2.45) is 0 Å². The Morgan fingerprint density at radius 2 is 2.21 bits per heavy atom. The van der Waals surface area contributed by atoms with Gasteiger partial charge < -0.3 is 10.2 Å². The van der Waals surface area contributed by atoms with Crippen LogP contribution in [0.5, 0.6) is 0 Å². The molecule has 19 heavy (non-hydrogen) atoms. The van der Waals surface area contributed by atoms with Gasteiger partial charge in [0.2, 0.25) is 5.91 Å². The first-order valence-corrected chi connectivity index (χ1v) is 7.32. The van der Waals surface area contributed by atoms with Gasteiger partial charge in [0.15, 0.2) is 0 Å². The SMILES string of the molecule is Cc1ccccc1SCC(=O)N(C)C1CCNC1.Cl. The standard InChI is InChI=1S/C14H20N2OS.ClH/c1-11-5-3-4-6-13(11)18-10-14(17)16(2)12-7-8-15-9-12;/h3-6,12,15H,7-10H2,1-2H3;1H. The van der Waals surface area contributed by atoms with E-state index in [-0.39, 0.29) is 18.3 Å². The van der Waals surface area contributed by atoms with E-state index in [1.807, 2.05) is 24.1 Å². The van der Waals surface area contributed by atoms with Crippen molar-refractivity contribution < 1.29 is 4.79 Å². The van der Waals surface area contributed by atoms with Crippen LogP contribution in [0.4, 0.5) is 0 Å². The third-order valence-corrected chi connectivity index (χ3v) is 4.58. The largest absolute Gasteiger partial charge is 0.341 e. The van der Waals surface area contributed by atoms with Gasteiger partial charge in [-0.25, -0.2) is 0 Å². The van der Waals surface area contributed by atoms with Crippen LogP contribution < -0.4 is 5.32 Å². The normalized spacial score (nSPS) is 17.9. The molecule has 0 aliphatic carbocycles. The minimum absolute atomic E-state index is 0. The first kappa shape index (κ1) is 16.3. The summed E-state index contributed by atoms with van der Waals surface area (Å²) in [6.07, 6.45) is 1.07. The summed E-state index contributed by atoms with van der Waals surface area (Å²) in [6, 6.07) is 8.57. The third kappa shape index (κ3) is 4.41. The highest BCUT2D eigenvalue weighted by Crippen LogP contribution is 2.22. The number of hydrogen-bond donors (Lipinski definition) is 1. The summed E-state index contributed by atoms with van der Waals surface area (Å²) < 4.78 is 0. The van der Waals surface area contributed by atoms with Crippen LogP contribution in [0.3, 0.4) is 0 Å². The lowest BCUT2D eigenvalue weighted by atomic mass is 10.2. The first-order chi connectivity index (χ1) is 8.68. The second-order valence-electron chi connectivity index (χ2n) is 4.71. The van der Waals surface area contributed by atoms with Crippen LogP contribution in [-0.2, 0) is 4.79 Å². The highest BCUT2D eigenvalue weighted by atomic mass is 35.5. The molecule has 0 spiro atoms. The maximum atomic E-state index is 12.1. The number of aryl methyl sites for hydroxylation is 1. The Labute approximate surface area is 125 Å². The molecule has 1 atom stereocenters. The molecular formula is C14H21ClN2OS. The molecule has 106 valence electrons. The summed E-state index contributed by atoms with van der Waals surface area (Å²) in [5, 5.41) is 3.29. The molecule has 2 rings (SSSR count). The second kappa shape index (κ2) is 7.78. The fourth-order valence-electron chi connectivity index (χ4n) is 2.13. The van der Waals surface area contributed by atoms with Gasteiger partial charge in [-0.15, -0.1) is 24.2 Å². The predicted octanol–water partition coefficient (Wildman–Crippen LogP) is 2.33. The summed E-state index contributed by atoms with van der Waals surface area (Å²) in [6.45, 7) is 4.03. The Morgan fingerprint density at radius 3 is 2.84 bits per heavy atom. The minimum Gasteiger partial charge on any atom is -0.341 e. The molecule has 0 bridgehead atoms. The molecular weight excluding hydrogens is 280 g/mol. The van der Waals surface area contributed by atoms with Crippen LogP contribution in [0, 0.1) is 6.92 Å². The smallest absolute Gasteiger partial charge is 0.232 e. The summed E-state index contributed by atoms with van der Waals surface area (Å²) in [4.78, 5) is 15.2. The molecule has 1 aliphatic heterocycles. The van der Waals surface area contributed by atoms with E-state index in [1.165, 1.54) is 10.5 Å². The van der Waals surface area contributed by atoms with Crippen LogP contribution in [-0.4, -0.2) is 42.7 Å². The number of amides is 1. The van der Waals surface area contributed by atoms with Crippen molar-refractivity contribution in [2.75, 3.05) is 25.9 Å². The van der Waals surface area contributed by atoms with Crippen LogP contribution in [0.2, 0.25) is 0 Å². The highest BCUT2D eigenvalue weighted by molar-refractivity contribution is 8.00. The lowest BCUT2D eigenvalue weighted by Gasteiger charge is -2.23. The monoisotopic (exact) mass is 300 g/mol. The highest BCUT2D eigenvalue weighted by Gasteiger charge is 2.22. The number of nitrogens with zero attached hydrogens (tertiary/aromatic N) is 1. The molecule has 1 aromatic carbocycles. The molecule has 0 saturated carbocycles. The molecule has 1 saturated heterocycles. The number of nitrogens with one attached hydrogen (secondary N) is 1. The Balaban J connectivity index is 0.00000180. The van der Waals surface area contributed by atoms with Crippen LogP contribution >= 0.6 is 24.2 Å². The molecule has 1 aromatic rings. The molecule has 1 aliphatic rings. The lowest BCUT2D eigenvalue weighted by Crippen LogP contribution is -2.39. The predicted molar refractivity (Wildman–Crippen MR) is 83.2 cm³/mol. The van der Waals surface area contributed by atoms with Gasteiger partial charge in [-0.3, -0.25) is 4.79 Å². The first-order valence-electron chi connectivity index (χ1n) is 6.33. The molecule has 5 heteroatoms. The molecule has 1 amide bonds. The number of halogens is 1. The van der Waals surface area contributed by atoms with Crippen molar-refractivity contribution in [3.05, 3.63) is 29.8 Å². The summed E-state index contributed by atoms with van der Waals surface area (Å²) in [5.74, 6) is 0.745. The van der Waals surface area contributed by atoms with Gasteiger partial charge in [-0.05, 0) is 31.5 Å². The number of carbonyl (C=O) groups excluding carboxylic acids is 1. The zero-order chi connectivity index (χ0) is 13.0. The molecule has 1 heterocycles. The zero-order valence-corrected chi connectivity index (χ0v) is 13.0. The number of benzene rings is 1. The van der Waals surface area contributed by atoms with E-state index in [0.29, 0.717) is 11.8 Å². The zero-order valence-electron chi connectivity index (χ0n) is 11.4. The second-order valence-corrected chi connectivity index (χ2v) is 5.72. The number of carbonyl (C=O) groups is 1. The number of likely N-dealkylation sites (N-methyl/N-ethyl adjacent to an activating group) is 1. The van der Waals surface area contributed by atoms with Crippen molar-refractivity contribution in [1.82, 2.24) is 10.2 Å². The van der Waals surface area contributed by atoms with E-state index in [2.05, 4.69) is 24.4 Å². The van der Waals surface area contributed by atoms with E-state index >= 15 is 0 Å². The molecule has 1 fully saturated rings. The average molecular weight is 301 g/mol. The van der Waals surface area contributed by atoms with Crippen molar-refractivity contribution in [2.45, 2.75) is 24.3 Å². The van der Waals surface area contributed by atoms with Gasteiger partial charge in [0.1, 0.15) is 0 Å². The Hall–Kier alpha value is -0.710. The van der Waals surface area contributed by atoms with E-state index < -0.39 is 0 Å². The van der Waals surface area contributed by atoms with Gasteiger partial charge in [0, 0.05) is 24.5 Å². The fourth-order valence-corrected chi connectivity index (χ4v) is 3.09. The van der Waals surface area contributed by atoms with Gasteiger partial charge >= 0.3 is 0 Å². The number of thioether (sulfide) groups is 1. The van der Waals surface area contributed by atoms with Crippen LogP contribution in [0.25, 0.3) is 0 Å². The molecule has 1 unspecified atom stereocenters. The summed E-state index contributed by atoms with van der Waals surface area (Å²) >= 11 is 1.63. The van der Waals surface area contributed by atoms with Crippen molar-refractivity contribution >= 4 is 30.1 Å². The van der Waals surface area contributed by atoms with Gasteiger partial charge in [-0.2, -0.15) is 0 Å². The minimum atomic E-state index is 0. The van der Waals surface area contributed by atoms with Crippen LogP contribution in [0.15, 0.2) is 29.2 Å². The fraction of sp³-hybridized carbons (Fsp3) is 0.500.